The molecule has 35 heavy (non-hydrogen) atoms. The van der Waals surface area contributed by atoms with E-state index in [-0.39, 0.29) is 23.6 Å². The van der Waals surface area contributed by atoms with Crippen molar-refractivity contribution in [3.63, 3.8) is 0 Å². The Balaban J connectivity index is 1.43. The number of pyridine rings is 1. The van der Waals surface area contributed by atoms with Crippen LogP contribution in [0.5, 0.6) is 11.5 Å². The van der Waals surface area contributed by atoms with Gasteiger partial charge in [-0.15, -0.1) is 13.2 Å². The molecular formula is C24H28F3N3O5. The molecule has 1 aromatic carbocycles. The van der Waals surface area contributed by atoms with Gasteiger partial charge in [-0.25, -0.2) is 14.6 Å². The van der Waals surface area contributed by atoms with Crippen LogP contribution < -0.4 is 20.1 Å². The molecule has 0 atom stereocenters. The Bertz CT molecular complexity index is 1010. The van der Waals surface area contributed by atoms with Crippen molar-refractivity contribution in [2.24, 2.45) is 0 Å². The number of hydrogen-bond donors (Lipinski definition) is 2. The summed E-state index contributed by atoms with van der Waals surface area (Å²) in [5.74, 6) is -0.369. The topological polar surface area (TPSA) is 98.8 Å². The Morgan fingerprint density at radius 2 is 1.63 bits per heavy atom. The molecule has 1 heterocycles. The molecule has 2 amide bonds. The number of hydrogen-bond acceptors (Lipinski definition) is 6. The van der Waals surface area contributed by atoms with Gasteiger partial charge in [-0.3, -0.25) is 0 Å². The summed E-state index contributed by atoms with van der Waals surface area (Å²) in [6.45, 7) is 5.34. The van der Waals surface area contributed by atoms with Crippen LogP contribution in [0.15, 0.2) is 42.6 Å². The Kier molecular flexibility index (Phi) is 8.08. The van der Waals surface area contributed by atoms with Gasteiger partial charge in [0.05, 0.1) is 6.10 Å². The first-order chi connectivity index (χ1) is 16.4. The quantitative estimate of drug-likeness (QED) is 0.518. The second-order valence-electron chi connectivity index (χ2n) is 9.14. The van der Waals surface area contributed by atoms with E-state index in [1.54, 1.807) is 32.9 Å². The SMILES string of the molecule is CC(C)(C)OC(=O)c1cc(O[C@H]2CC[C@H](NC(=O)Nc3ccc(OC(F)(F)F)cc3)CC2)ccn1. The van der Waals surface area contributed by atoms with Crippen LogP contribution in [0, 0.1) is 0 Å². The minimum absolute atomic E-state index is 0.0718. The monoisotopic (exact) mass is 495 g/mol. The van der Waals surface area contributed by atoms with Crippen LogP contribution in [-0.4, -0.2) is 41.1 Å². The van der Waals surface area contributed by atoms with E-state index in [2.05, 4.69) is 20.4 Å². The lowest BCUT2D eigenvalue weighted by Gasteiger charge is -2.29. The number of nitrogens with zero attached hydrogens (tertiary/aromatic N) is 1. The molecule has 2 N–H and O–H groups in total. The molecule has 1 aromatic heterocycles. The number of rotatable bonds is 6. The summed E-state index contributed by atoms with van der Waals surface area (Å²) in [6.07, 6.45) is -0.607. The first-order valence-corrected chi connectivity index (χ1v) is 11.2. The summed E-state index contributed by atoms with van der Waals surface area (Å²) in [5, 5.41) is 5.46. The van der Waals surface area contributed by atoms with Crippen molar-refractivity contribution in [3.05, 3.63) is 48.3 Å². The summed E-state index contributed by atoms with van der Waals surface area (Å²) < 4.78 is 51.8. The van der Waals surface area contributed by atoms with Gasteiger partial charge >= 0.3 is 18.4 Å². The van der Waals surface area contributed by atoms with Crippen LogP contribution in [0.1, 0.15) is 56.9 Å². The Morgan fingerprint density at radius 3 is 2.23 bits per heavy atom. The average Bonchev–Trinajstić information content (AvgIpc) is 2.74. The highest BCUT2D eigenvalue weighted by atomic mass is 19.4. The molecule has 1 aliphatic carbocycles. The Labute approximate surface area is 201 Å². The van der Waals surface area contributed by atoms with Gasteiger partial charge in [0, 0.05) is 24.0 Å². The Hall–Kier alpha value is -3.50. The third-order valence-electron chi connectivity index (χ3n) is 5.00. The van der Waals surface area contributed by atoms with Gasteiger partial charge in [-0.1, -0.05) is 0 Å². The summed E-state index contributed by atoms with van der Waals surface area (Å²) >= 11 is 0. The molecule has 1 fully saturated rings. The molecule has 0 unspecified atom stereocenters. The average molecular weight is 495 g/mol. The van der Waals surface area contributed by atoms with E-state index in [1.165, 1.54) is 18.3 Å². The minimum Gasteiger partial charge on any atom is -0.490 e. The van der Waals surface area contributed by atoms with E-state index in [0.29, 0.717) is 37.1 Å². The molecule has 2 aromatic rings. The molecule has 11 heteroatoms. The first-order valence-electron chi connectivity index (χ1n) is 11.2. The number of halogens is 3. The number of carbonyl (C=O) groups is 2. The number of ether oxygens (including phenoxy) is 3. The number of alkyl halides is 3. The molecule has 190 valence electrons. The van der Waals surface area contributed by atoms with E-state index in [4.69, 9.17) is 9.47 Å². The van der Waals surface area contributed by atoms with Crippen molar-refractivity contribution in [2.75, 3.05) is 5.32 Å². The van der Waals surface area contributed by atoms with Gasteiger partial charge in [-0.2, -0.15) is 0 Å². The summed E-state index contributed by atoms with van der Waals surface area (Å²) in [4.78, 5) is 28.5. The molecule has 0 aliphatic heterocycles. The number of esters is 1. The largest absolute Gasteiger partial charge is 0.573 e. The van der Waals surface area contributed by atoms with Crippen molar-refractivity contribution >= 4 is 17.7 Å². The lowest BCUT2D eigenvalue weighted by molar-refractivity contribution is -0.274. The maximum Gasteiger partial charge on any atom is 0.573 e. The molecule has 0 radical (unpaired) electrons. The zero-order chi connectivity index (χ0) is 25.6. The standard InChI is InChI=1S/C24H28F3N3O5/c1-23(2,3)35-21(31)20-14-19(12-13-28-20)33-17-8-4-15(5-9-17)29-22(32)30-16-6-10-18(11-7-16)34-24(25,26)27/h6-7,10-15,17H,4-5,8-9H2,1-3H3,(H2,29,30,32)/t15-,17-. The number of anilines is 1. The highest BCUT2D eigenvalue weighted by Gasteiger charge is 2.31. The van der Waals surface area contributed by atoms with E-state index >= 15 is 0 Å². The Morgan fingerprint density at radius 1 is 0.971 bits per heavy atom. The second-order valence-corrected chi connectivity index (χ2v) is 9.14. The second kappa shape index (κ2) is 10.8. The van der Waals surface area contributed by atoms with Gasteiger partial charge in [0.2, 0.25) is 0 Å². The van der Waals surface area contributed by atoms with Crippen LogP contribution in [0.25, 0.3) is 0 Å². The van der Waals surface area contributed by atoms with Crippen molar-refractivity contribution < 1.29 is 37.0 Å². The van der Waals surface area contributed by atoms with E-state index in [1.807, 2.05) is 0 Å². The third-order valence-corrected chi connectivity index (χ3v) is 5.00. The van der Waals surface area contributed by atoms with Gasteiger partial charge in [0.15, 0.2) is 5.69 Å². The lowest BCUT2D eigenvalue weighted by atomic mass is 9.93. The highest BCUT2D eigenvalue weighted by Crippen LogP contribution is 2.26. The molecule has 1 aliphatic rings. The van der Waals surface area contributed by atoms with Gasteiger partial charge in [0.25, 0.3) is 0 Å². The summed E-state index contributed by atoms with van der Waals surface area (Å²) in [7, 11) is 0. The van der Waals surface area contributed by atoms with E-state index < -0.39 is 24.0 Å². The number of benzene rings is 1. The van der Waals surface area contributed by atoms with Crippen molar-refractivity contribution in [1.82, 2.24) is 10.3 Å². The normalized spacial score (nSPS) is 18.3. The number of aromatic nitrogens is 1. The lowest BCUT2D eigenvalue weighted by Crippen LogP contribution is -2.41. The molecule has 8 nitrogen and oxygen atoms in total. The van der Waals surface area contributed by atoms with Gasteiger partial charge in [-0.05, 0) is 76.8 Å². The van der Waals surface area contributed by atoms with Crippen molar-refractivity contribution in [3.8, 4) is 11.5 Å². The number of carbonyl (C=O) groups excluding carboxylic acids is 2. The predicted molar refractivity (Wildman–Crippen MR) is 121 cm³/mol. The van der Waals surface area contributed by atoms with E-state index in [9.17, 15) is 22.8 Å². The van der Waals surface area contributed by atoms with Gasteiger partial charge in [0.1, 0.15) is 17.1 Å². The van der Waals surface area contributed by atoms with Crippen LogP contribution in [0.4, 0.5) is 23.7 Å². The molecule has 3 rings (SSSR count). The maximum atomic E-state index is 12.3. The molecule has 0 bridgehead atoms. The van der Waals surface area contributed by atoms with Crippen LogP contribution in [-0.2, 0) is 4.74 Å². The molecular weight excluding hydrogens is 467 g/mol. The molecule has 0 saturated heterocycles. The van der Waals surface area contributed by atoms with Crippen molar-refractivity contribution in [1.29, 1.82) is 0 Å². The summed E-state index contributed by atoms with van der Waals surface area (Å²) in [5.41, 5.74) is -0.117. The molecule has 0 spiro atoms. The number of amides is 2. The predicted octanol–water partition coefficient (Wildman–Crippen LogP) is 5.45. The fourth-order valence-electron chi connectivity index (χ4n) is 3.54. The van der Waals surface area contributed by atoms with Crippen LogP contribution >= 0.6 is 0 Å². The number of nitrogens with one attached hydrogen (secondary N) is 2. The smallest absolute Gasteiger partial charge is 0.490 e. The zero-order valence-electron chi connectivity index (χ0n) is 19.6. The fourth-order valence-corrected chi connectivity index (χ4v) is 3.54. The summed E-state index contributed by atoms with van der Waals surface area (Å²) in [6, 6.07) is 7.61. The zero-order valence-corrected chi connectivity index (χ0v) is 19.6. The fraction of sp³-hybridized carbons (Fsp3) is 0.458. The highest BCUT2D eigenvalue weighted by molar-refractivity contribution is 5.89. The van der Waals surface area contributed by atoms with Crippen molar-refractivity contribution in [2.45, 2.75) is 70.6 Å². The van der Waals surface area contributed by atoms with Gasteiger partial charge < -0.3 is 24.8 Å². The maximum absolute atomic E-state index is 12.3. The third kappa shape index (κ3) is 8.99. The first kappa shape index (κ1) is 26.1. The van der Waals surface area contributed by atoms with E-state index in [0.717, 1.165) is 12.1 Å². The van der Waals surface area contributed by atoms with Crippen LogP contribution in [0.2, 0.25) is 0 Å². The number of urea groups is 1. The molecule has 1 saturated carbocycles. The van der Waals surface area contributed by atoms with Crippen LogP contribution in [0.3, 0.4) is 0 Å². The minimum atomic E-state index is -4.77.